The number of carbonyl (C=O) groups is 2. The van der Waals surface area contributed by atoms with Gasteiger partial charge >= 0.3 is 5.97 Å². The number of hydrogen-bond donors (Lipinski definition) is 0. The molecule has 0 unspecified atom stereocenters. The summed E-state index contributed by atoms with van der Waals surface area (Å²) >= 11 is 14.3. The highest BCUT2D eigenvalue weighted by atomic mass is 79.9. The Morgan fingerprint density at radius 3 is 2.15 bits per heavy atom. The van der Waals surface area contributed by atoms with Crippen molar-refractivity contribution in [3.05, 3.63) is 63.1 Å². The molecule has 3 nitrogen and oxygen atoms in total. The van der Waals surface area contributed by atoms with E-state index in [1.54, 1.807) is 24.3 Å². The maximum atomic E-state index is 11.9. The number of ether oxygens (including phenoxy) is 1. The zero-order chi connectivity index (χ0) is 14.7. The molecule has 2 aromatic rings. The fraction of sp³-hybridized carbons (Fsp3) is 0. The molecule has 2 rings (SSSR count). The second-order valence-electron chi connectivity index (χ2n) is 3.82. The smallest absolute Gasteiger partial charge is 0.343 e. The van der Waals surface area contributed by atoms with E-state index < -0.39 is 11.2 Å². The largest absolute Gasteiger partial charge is 0.422 e. The summed E-state index contributed by atoms with van der Waals surface area (Å²) in [5, 5.41) is -0.0472. The average molecular weight is 374 g/mol. The number of hydrogen-bond acceptors (Lipinski definition) is 3. The highest BCUT2D eigenvalue weighted by Gasteiger charge is 2.12. The lowest BCUT2D eigenvalue weighted by molar-refractivity contribution is 0.0733. The Kier molecular flexibility index (Phi) is 4.81. The van der Waals surface area contributed by atoms with Crippen LogP contribution >= 0.6 is 39.1 Å². The van der Waals surface area contributed by atoms with E-state index in [1.165, 1.54) is 18.2 Å². The Hall–Kier alpha value is -1.36. The molecule has 0 aromatic heterocycles. The summed E-state index contributed by atoms with van der Waals surface area (Å²) in [4.78, 5) is 22.9. The molecule has 0 aliphatic heterocycles. The number of benzene rings is 2. The molecule has 0 spiro atoms. The third-order valence-electron chi connectivity index (χ3n) is 2.44. The minimum Gasteiger partial charge on any atom is -0.422 e. The molecule has 0 saturated heterocycles. The monoisotopic (exact) mass is 372 g/mol. The van der Waals surface area contributed by atoms with Crippen LogP contribution in [0.4, 0.5) is 0 Å². The van der Waals surface area contributed by atoms with Crippen molar-refractivity contribution in [1.29, 1.82) is 0 Å². The second kappa shape index (κ2) is 6.39. The molecule has 0 saturated carbocycles. The van der Waals surface area contributed by atoms with Gasteiger partial charge in [0.2, 0.25) is 0 Å². The van der Waals surface area contributed by atoms with E-state index in [2.05, 4.69) is 15.9 Å². The Balaban J connectivity index is 2.19. The van der Waals surface area contributed by atoms with Crippen LogP contribution in [0.3, 0.4) is 0 Å². The maximum absolute atomic E-state index is 11.9. The quantitative estimate of drug-likeness (QED) is 0.445. The van der Waals surface area contributed by atoms with E-state index in [9.17, 15) is 9.59 Å². The van der Waals surface area contributed by atoms with Crippen molar-refractivity contribution in [2.24, 2.45) is 0 Å². The Morgan fingerprint density at radius 2 is 1.60 bits per heavy atom. The molecule has 0 bridgehead atoms. The fourth-order valence-electron chi connectivity index (χ4n) is 1.45. The topological polar surface area (TPSA) is 43.4 Å². The highest BCUT2D eigenvalue weighted by Crippen LogP contribution is 2.27. The molecule has 0 aliphatic carbocycles. The summed E-state index contributed by atoms with van der Waals surface area (Å²) < 4.78 is 5.69. The van der Waals surface area contributed by atoms with Gasteiger partial charge in [-0.1, -0.05) is 11.6 Å². The van der Waals surface area contributed by atoms with Crippen LogP contribution in [0.5, 0.6) is 5.75 Å². The van der Waals surface area contributed by atoms with Crippen LogP contribution in [0, 0.1) is 0 Å². The summed E-state index contributed by atoms with van der Waals surface area (Å²) in [7, 11) is 0. The standard InChI is InChI=1S/C14H7BrCl2O3/c15-11-7-9(13(17)18)3-6-12(11)20-14(19)8-1-4-10(16)5-2-8/h1-7H. The lowest BCUT2D eigenvalue weighted by Gasteiger charge is -2.07. The predicted octanol–water partition coefficient (Wildman–Crippen LogP) is 4.70. The molecule has 102 valence electrons. The van der Waals surface area contributed by atoms with Crippen molar-refractivity contribution in [3.8, 4) is 5.75 Å². The van der Waals surface area contributed by atoms with Crippen molar-refractivity contribution in [2.45, 2.75) is 0 Å². The summed E-state index contributed by atoms with van der Waals surface area (Å²) in [5.74, 6) is -0.223. The predicted molar refractivity (Wildman–Crippen MR) is 80.7 cm³/mol. The van der Waals surface area contributed by atoms with Gasteiger partial charge in [-0.3, -0.25) is 4.79 Å². The summed E-state index contributed by atoms with van der Waals surface area (Å²) in [6, 6.07) is 10.8. The van der Waals surface area contributed by atoms with E-state index in [0.717, 1.165) is 0 Å². The zero-order valence-corrected chi connectivity index (χ0v) is 13.0. The number of halogens is 3. The van der Waals surface area contributed by atoms with Crippen LogP contribution in [-0.4, -0.2) is 11.2 Å². The Morgan fingerprint density at radius 1 is 1.00 bits per heavy atom. The van der Waals surface area contributed by atoms with Gasteiger partial charge in [-0.15, -0.1) is 0 Å². The highest BCUT2D eigenvalue weighted by molar-refractivity contribution is 9.10. The Bertz CT molecular complexity index is 669. The minimum absolute atomic E-state index is 0.298. The van der Waals surface area contributed by atoms with Gasteiger partial charge in [-0.25, -0.2) is 4.79 Å². The summed E-state index contributed by atoms with van der Waals surface area (Å²) in [6.07, 6.45) is 0. The number of carbonyl (C=O) groups excluding carboxylic acids is 2. The van der Waals surface area contributed by atoms with Crippen LogP contribution in [0.15, 0.2) is 46.9 Å². The summed E-state index contributed by atoms with van der Waals surface area (Å²) in [6.45, 7) is 0. The zero-order valence-electron chi connectivity index (χ0n) is 9.90. The Labute approximate surface area is 133 Å². The van der Waals surface area contributed by atoms with Crippen molar-refractivity contribution in [3.63, 3.8) is 0 Å². The lowest BCUT2D eigenvalue weighted by atomic mass is 10.2. The van der Waals surface area contributed by atoms with Gasteiger partial charge in [0.05, 0.1) is 10.0 Å². The average Bonchev–Trinajstić information content (AvgIpc) is 2.41. The van der Waals surface area contributed by atoms with E-state index in [0.29, 0.717) is 26.4 Å². The molecule has 0 N–H and O–H groups in total. The molecule has 0 radical (unpaired) electrons. The first-order valence-electron chi connectivity index (χ1n) is 5.44. The van der Waals surface area contributed by atoms with Gasteiger partial charge in [0, 0.05) is 10.6 Å². The third-order valence-corrected chi connectivity index (χ3v) is 3.53. The minimum atomic E-state index is -0.582. The molecule has 0 aliphatic rings. The van der Waals surface area contributed by atoms with Gasteiger partial charge in [0.1, 0.15) is 5.75 Å². The molecule has 6 heteroatoms. The van der Waals surface area contributed by atoms with Crippen molar-refractivity contribution in [2.75, 3.05) is 0 Å². The van der Waals surface area contributed by atoms with Gasteiger partial charge in [0.15, 0.2) is 0 Å². The first-order valence-corrected chi connectivity index (χ1v) is 6.99. The van der Waals surface area contributed by atoms with Gasteiger partial charge in [0.25, 0.3) is 5.24 Å². The van der Waals surface area contributed by atoms with Crippen molar-refractivity contribution >= 4 is 50.3 Å². The van der Waals surface area contributed by atoms with E-state index in [-0.39, 0.29) is 0 Å². The van der Waals surface area contributed by atoms with Crippen LogP contribution in [0.25, 0.3) is 0 Å². The molecular formula is C14H7BrCl2O3. The summed E-state index contributed by atoms with van der Waals surface area (Å²) in [5.41, 5.74) is 0.684. The molecule has 0 heterocycles. The fourth-order valence-corrected chi connectivity index (χ4v) is 2.15. The third kappa shape index (κ3) is 3.60. The van der Waals surface area contributed by atoms with Gasteiger partial charge in [-0.05, 0) is 70.0 Å². The van der Waals surface area contributed by atoms with Gasteiger partial charge < -0.3 is 4.74 Å². The van der Waals surface area contributed by atoms with Gasteiger partial charge in [-0.2, -0.15) is 0 Å². The molecule has 0 atom stereocenters. The molecular weight excluding hydrogens is 367 g/mol. The van der Waals surface area contributed by atoms with Crippen LogP contribution in [0.1, 0.15) is 20.7 Å². The molecule has 0 amide bonds. The maximum Gasteiger partial charge on any atom is 0.343 e. The van der Waals surface area contributed by atoms with Crippen molar-refractivity contribution in [1.82, 2.24) is 0 Å². The van der Waals surface area contributed by atoms with E-state index in [1.807, 2.05) is 0 Å². The van der Waals surface area contributed by atoms with Crippen LogP contribution in [-0.2, 0) is 0 Å². The first kappa shape index (κ1) is 15.0. The normalized spacial score (nSPS) is 10.2. The molecule has 0 fully saturated rings. The SMILES string of the molecule is O=C(Cl)c1ccc(OC(=O)c2ccc(Cl)cc2)c(Br)c1. The number of rotatable bonds is 3. The van der Waals surface area contributed by atoms with Crippen LogP contribution in [0.2, 0.25) is 5.02 Å². The molecule has 20 heavy (non-hydrogen) atoms. The lowest BCUT2D eigenvalue weighted by Crippen LogP contribution is -2.08. The molecule has 2 aromatic carbocycles. The van der Waals surface area contributed by atoms with E-state index >= 15 is 0 Å². The number of esters is 1. The second-order valence-corrected chi connectivity index (χ2v) is 5.45. The van der Waals surface area contributed by atoms with Crippen LogP contribution < -0.4 is 4.74 Å². The first-order chi connectivity index (χ1) is 9.47. The van der Waals surface area contributed by atoms with Crippen molar-refractivity contribution < 1.29 is 14.3 Å². The van der Waals surface area contributed by atoms with E-state index in [4.69, 9.17) is 27.9 Å².